The highest BCUT2D eigenvalue weighted by Crippen LogP contribution is 2.24. The first-order valence-electron chi connectivity index (χ1n) is 10.2. The van der Waals surface area contributed by atoms with Crippen LogP contribution in [0.4, 0.5) is 0 Å². The van der Waals surface area contributed by atoms with Crippen LogP contribution >= 0.6 is 0 Å². The molecule has 0 bridgehead atoms. The van der Waals surface area contributed by atoms with E-state index in [4.69, 9.17) is 9.47 Å². The Hall–Kier alpha value is -3.46. The van der Waals surface area contributed by atoms with Crippen molar-refractivity contribution in [2.45, 2.75) is 13.5 Å². The predicted octanol–water partition coefficient (Wildman–Crippen LogP) is 1.95. The molecule has 2 aromatic carbocycles. The average Bonchev–Trinajstić information content (AvgIpc) is 3.27. The monoisotopic (exact) mass is 422 g/mol. The van der Waals surface area contributed by atoms with Crippen LogP contribution in [0.1, 0.15) is 21.7 Å². The number of hydrogen-bond donors (Lipinski definition) is 0. The maximum Gasteiger partial charge on any atom is 0.254 e. The first-order chi connectivity index (χ1) is 15.1. The molecule has 1 aliphatic rings. The zero-order valence-corrected chi connectivity index (χ0v) is 18.0. The number of hydrogen-bond acceptors (Lipinski definition) is 7. The molecule has 0 unspecified atom stereocenters. The molecule has 9 nitrogen and oxygen atoms in total. The first kappa shape index (κ1) is 20.8. The number of amides is 1. The molecular weight excluding hydrogens is 396 g/mol. The Morgan fingerprint density at radius 2 is 1.61 bits per heavy atom. The van der Waals surface area contributed by atoms with Crippen molar-refractivity contribution < 1.29 is 14.3 Å². The Morgan fingerprint density at radius 3 is 2.23 bits per heavy atom. The largest absolute Gasteiger partial charge is 0.497 e. The number of carbonyl (C=O) groups is 1. The van der Waals surface area contributed by atoms with Gasteiger partial charge in [0.25, 0.3) is 5.91 Å². The number of aromatic nitrogens is 4. The van der Waals surface area contributed by atoms with E-state index in [2.05, 4.69) is 20.4 Å². The predicted molar refractivity (Wildman–Crippen MR) is 115 cm³/mol. The van der Waals surface area contributed by atoms with Crippen LogP contribution in [0.5, 0.6) is 11.5 Å². The summed E-state index contributed by atoms with van der Waals surface area (Å²) in [4.78, 5) is 17.1. The Kier molecular flexibility index (Phi) is 6.13. The Bertz CT molecular complexity index is 1020. The van der Waals surface area contributed by atoms with Crippen molar-refractivity contribution >= 4 is 5.91 Å². The summed E-state index contributed by atoms with van der Waals surface area (Å²) in [6.45, 7) is 5.42. The van der Waals surface area contributed by atoms with Crippen LogP contribution in [0.2, 0.25) is 0 Å². The highest BCUT2D eigenvalue weighted by molar-refractivity contribution is 5.95. The summed E-state index contributed by atoms with van der Waals surface area (Å²) in [6, 6.07) is 13.3. The van der Waals surface area contributed by atoms with E-state index < -0.39 is 0 Å². The van der Waals surface area contributed by atoms with Crippen molar-refractivity contribution in [2.75, 3.05) is 40.4 Å². The summed E-state index contributed by atoms with van der Waals surface area (Å²) in [5.74, 6) is 1.95. The minimum atomic E-state index is -0.0265. The quantitative estimate of drug-likeness (QED) is 0.600. The minimum absolute atomic E-state index is 0.0265. The van der Waals surface area contributed by atoms with E-state index >= 15 is 0 Å². The van der Waals surface area contributed by atoms with E-state index in [0.717, 1.165) is 24.6 Å². The van der Waals surface area contributed by atoms with Crippen molar-refractivity contribution in [3.8, 4) is 17.2 Å². The van der Waals surface area contributed by atoms with Gasteiger partial charge in [0, 0.05) is 37.8 Å². The third kappa shape index (κ3) is 4.66. The van der Waals surface area contributed by atoms with Crippen LogP contribution < -0.4 is 9.47 Å². The van der Waals surface area contributed by atoms with Crippen molar-refractivity contribution in [1.29, 1.82) is 0 Å². The Balaban J connectivity index is 1.39. The number of rotatable bonds is 6. The molecule has 3 aromatic rings. The normalized spacial score (nSPS) is 14.5. The molecule has 1 saturated heterocycles. The van der Waals surface area contributed by atoms with Crippen molar-refractivity contribution in [3.63, 3.8) is 0 Å². The van der Waals surface area contributed by atoms with Gasteiger partial charge in [-0.15, -0.1) is 5.10 Å². The van der Waals surface area contributed by atoms with Gasteiger partial charge in [-0.05, 0) is 41.6 Å². The number of tetrazole rings is 1. The van der Waals surface area contributed by atoms with Gasteiger partial charge in [-0.25, -0.2) is 0 Å². The second kappa shape index (κ2) is 9.13. The molecule has 9 heteroatoms. The number of piperazine rings is 1. The number of aryl methyl sites for hydroxylation is 1. The van der Waals surface area contributed by atoms with E-state index in [1.165, 1.54) is 5.56 Å². The third-order valence-corrected chi connectivity index (χ3v) is 5.44. The smallest absolute Gasteiger partial charge is 0.254 e. The maximum absolute atomic E-state index is 13.0. The number of carbonyl (C=O) groups excluding carboxylic acids is 1. The molecule has 0 N–H and O–H groups in total. The van der Waals surface area contributed by atoms with Crippen molar-refractivity contribution in [3.05, 3.63) is 59.4 Å². The van der Waals surface area contributed by atoms with Crippen LogP contribution in [-0.4, -0.2) is 76.3 Å². The Labute approximate surface area is 181 Å². The van der Waals surface area contributed by atoms with Crippen LogP contribution in [-0.2, 0) is 6.54 Å². The Morgan fingerprint density at radius 1 is 0.968 bits per heavy atom. The lowest BCUT2D eigenvalue weighted by Gasteiger charge is -2.34. The second-order valence-electron chi connectivity index (χ2n) is 7.51. The van der Waals surface area contributed by atoms with Crippen LogP contribution in [0, 0.1) is 6.92 Å². The van der Waals surface area contributed by atoms with Gasteiger partial charge < -0.3 is 14.4 Å². The molecule has 0 aliphatic carbocycles. The molecule has 0 atom stereocenters. The number of benzene rings is 2. The summed E-state index contributed by atoms with van der Waals surface area (Å²) in [5.41, 5.74) is 2.69. The summed E-state index contributed by atoms with van der Waals surface area (Å²) in [7, 11) is 3.15. The molecule has 31 heavy (non-hydrogen) atoms. The molecule has 0 radical (unpaired) electrons. The standard InChI is InChI=1S/C22H26N6O3/c1-16-4-6-18(7-5-16)28-21(23-24-25-28)15-26-8-10-27(11-9-26)22(29)17-12-19(30-2)14-20(13-17)31-3/h4-7,12-14H,8-11,15H2,1-3H3. The first-order valence-corrected chi connectivity index (χ1v) is 10.2. The lowest BCUT2D eigenvalue weighted by Crippen LogP contribution is -2.48. The molecule has 1 aliphatic heterocycles. The SMILES string of the molecule is COc1cc(OC)cc(C(=O)N2CCN(Cc3nnnn3-c3ccc(C)cc3)CC2)c1. The minimum Gasteiger partial charge on any atom is -0.497 e. The molecule has 0 spiro atoms. The lowest BCUT2D eigenvalue weighted by molar-refractivity contribution is 0.0624. The van der Waals surface area contributed by atoms with Gasteiger partial charge in [-0.1, -0.05) is 17.7 Å². The summed E-state index contributed by atoms with van der Waals surface area (Å²) < 4.78 is 12.3. The van der Waals surface area contributed by atoms with Gasteiger partial charge in [-0.3, -0.25) is 9.69 Å². The molecule has 1 amide bonds. The zero-order chi connectivity index (χ0) is 21.8. The van der Waals surface area contributed by atoms with E-state index in [9.17, 15) is 4.79 Å². The van der Waals surface area contributed by atoms with Crippen LogP contribution in [0.15, 0.2) is 42.5 Å². The fourth-order valence-corrected chi connectivity index (χ4v) is 3.61. The fourth-order valence-electron chi connectivity index (χ4n) is 3.61. The fraction of sp³-hybridized carbons (Fsp3) is 0.364. The van der Waals surface area contributed by atoms with E-state index in [1.54, 1.807) is 37.1 Å². The summed E-state index contributed by atoms with van der Waals surface area (Å²) in [6.07, 6.45) is 0. The number of nitrogens with zero attached hydrogens (tertiary/aromatic N) is 6. The molecule has 162 valence electrons. The second-order valence-corrected chi connectivity index (χ2v) is 7.51. The number of methoxy groups -OCH3 is 2. The zero-order valence-electron chi connectivity index (χ0n) is 18.0. The summed E-state index contributed by atoms with van der Waals surface area (Å²) in [5, 5.41) is 12.2. The van der Waals surface area contributed by atoms with Gasteiger partial charge in [0.15, 0.2) is 5.82 Å². The van der Waals surface area contributed by atoms with E-state index in [-0.39, 0.29) is 5.91 Å². The maximum atomic E-state index is 13.0. The van der Waals surface area contributed by atoms with Crippen molar-refractivity contribution in [2.24, 2.45) is 0 Å². The van der Waals surface area contributed by atoms with E-state index in [0.29, 0.717) is 36.7 Å². The van der Waals surface area contributed by atoms with Crippen molar-refractivity contribution in [1.82, 2.24) is 30.0 Å². The molecule has 1 aromatic heterocycles. The highest BCUT2D eigenvalue weighted by Gasteiger charge is 2.24. The lowest BCUT2D eigenvalue weighted by atomic mass is 10.1. The molecule has 0 saturated carbocycles. The summed E-state index contributed by atoms with van der Waals surface area (Å²) >= 11 is 0. The van der Waals surface area contributed by atoms with Gasteiger partial charge in [0.05, 0.1) is 26.5 Å². The van der Waals surface area contributed by atoms with Gasteiger partial charge in [-0.2, -0.15) is 4.68 Å². The van der Waals surface area contributed by atoms with E-state index in [1.807, 2.05) is 36.1 Å². The van der Waals surface area contributed by atoms with Crippen LogP contribution in [0.25, 0.3) is 5.69 Å². The molecule has 2 heterocycles. The molecule has 4 rings (SSSR count). The number of ether oxygens (including phenoxy) is 2. The van der Waals surface area contributed by atoms with Gasteiger partial charge in [0.2, 0.25) is 0 Å². The molecule has 1 fully saturated rings. The topological polar surface area (TPSA) is 85.6 Å². The average molecular weight is 422 g/mol. The molecular formula is C22H26N6O3. The highest BCUT2D eigenvalue weighted by atomic mass is 16.5. The van der Waals surface area contributed by atoms with Crippen LogP contribution in [0.3, 0.4) is 0 Å². The van der Waals surface area contributed by atoms with Gasteiger partial charge in [0.1, 0.15) is 11.5 Å². The van der Waals surface area contributed by atoms with Gasteiger partial charge >= 0.3 is 0 Å². The third-order valence-electron chi connectivity index (χ3n) is 5.44.